The van der Waals surface area contributed by atoms with Gasteiger partial charge in [-0.05, 0) is 38.5 Å². The minimum Gasteiger partial charge on any atom is -0.486 e. The van der Waals surface area contributed by atoms with Crippen molar-refractivity contribution in [1.82, 2.24) is 5.32 Å². The molecule has 2 aromatic rings. The summed E-state index contributed by atoms with van der Waals surface area (Å²) in [5, 5.41) is 15.1. The maximum absolute atomic E-state index is 12.3. The average Bonchev–Trinajstić information content (AvgIpc) is 2.54. The second kappa shape index (κ2) is 7.84. The van der Waals surface area contributed by atoms with Crippen molar-refractivity contribution in [3.63, 3.8) is 0 Å². The van der Waals surface area contributed by atoms with Gasteiger partial charge in [-0.25, -0.2) is 4.79 Å². The van der Waals surface area contributed by atoms with Crippen LogP contribution in [0.4, 0.5) is 10.5 Å². The van der Waals surface area contributed by atoms with Gasteiger partial charge >= 0.3 is 6.03 Å². The Morgan fingerprint density at radius 1 is 1.08 bits per heavy atom. The minimum atomic E-state index is -0.470. The molecule has 0 aliphatic rings. The number of carbonyl (C=O) groups is 1. The number of nitrogens with one attached hydrogen (secondary N) is 2. The molecule has 2 aromatic carbocycles. The van der Waals surface area contributed by atoms with Crippen LogP contribution in [0.15, 0.2) is 54.6 Å². The predicted octanol–water partition coefficient (Wildman–Crippen LogP) is 3.72. The molecule has 0 radical (unpaired) electrons. The number of amides is 2. The van der Waals surface area contributed by atoms with Crippen molar-refractivity contribution in [3.05, 3.63) is 60.2 Å². The zero-order valence-electron chi connectivity index (χ0n) is 14.2. The third-order valence-corrected chi connectivity index (χ3v) is 3.24. The number of aliphatic hydroxyl groups excluding tert-OH is 1. The highest BCUT2D eigenvalue weighted by Crippen LogP contribution is 2.27. The summed E-state index contributed by atoms with van der Waals surface area (Å²) in [5.41, 5.74) is 1.05. The number of hydrogen-bond acceptors (Lipinski definition) is 3. The van der Waals surface area contributed by atoms with Crippen LogP contribution in [0.25, 0.3) is 0 Å². The molecular weight excluding hydrogens is 304 g/mol. The first-order valence-corrected chi connectivity index (χ1v) is 7.90. The van der Waals surface area contributed by atoms with Crippen molar-refractivity contribution in [3.8, 4) is 5.75 Å². The highest BCUT2D eigenvalue weighted by Gasteiger charge is 2.17. The van der Waals surface area contributed by atoms with Gasteiger partial charge in [-0.15, -0.1) is 0 Å². The van der Waals surface area contributed by atoms with E-state index in [1.54, 1.807) is 6.07 Å². The lowest BCUT2D eigenvalue weighted by molar-refractivity contribution is 0.132. The average molecular weight is 328 g/mol. The minimum absolute atomic E-state index is 0.183. The first-order valence-electron chi connectivity index (χ1n) is 7.90. The molecule has 3 N–H and O–H groups in total. The van der Waals surface area contributed by atoms with Crippen LogP contribution in [0.2, 0.25) is 0 Å². The van der Waals surface area contributed by atoms with Crippen molar-refractivity contribution < 1.29 is 14.6 Å². The highest BCUT2D eigenvalue weighted by molar-refractivity contribution is 5.91. The van der Waals surface area contributed by atoms with Gasteiger partial charge < -0.3 is 20.5 Å². The lowest BCUT2D eigenvalue weighted by Gasteiger charge is -2.24. The number of aliphatic hydroxyl groups is 1. The molecule has 0 heterocycles. The molecule has 2 rings (SSSR count). The molecule has 2 amide bonds. The van der Waals surface area contributed by atoms with Crippen molar-refractivity contribution >= 4 is 11.7 Å². The standard InChI is InChI=1S/C19H24N2O3/c1-19(2,3)24-17-12-8-7-11-15(17)20-18(23)21-16(13-22)14-9-5-4-6-10-14/h4-12,16,22H,13H2,1-3H3,(H2,20,21,23)/t16-/m1/s1. The third-order valence-electron chi connectivity index (χ3n) is 3.24. The number of anilines is 1. The van der Waals surface area contributed by atoms with E-state index in [-0.39, 0.29) is 12.2 Å². The zero-order valence-corrected chi connectivity index (χ0v) is 14.2. The summed E-state index contributed by atoms with van der Waals surface area (Å²) in [5.74, 6) is 0.598. The number of benzene rings is 2. The molecule has 5 nitrogen and oxygen atoms in total. The van der Waals surface area contributed by atoms with Gasteiger partial charge in [0.05, 0.1) is 18.3 Å². The first kappa shape index (κ1) is 17.8. The van der Waals surface area contributed by atoms with Crippen LogP contribution in [-0.4, -0.2) is 23.3 Å². The van der Waals surface area contributed by atoms with Crippen LogP contribution >= 0.6 is 0 Å². The maximum Gasteiger partial charge on any atom is 0.319 e. The molecule has 0 spiro atoms. The number of carbonyl (C=O) groups excluding carboxylic acids is 1. The Hall–Kier alpha value is -2.53. The SMILES string of the molecule is CC(C)(C)Oc1ccccc1NC(=O)N[C@H](CO)c1ccccc1. The van der Waals surface area contributed by atoms with E-state index in [0.29, 0.717) is 11.4 Å². The van der Waals surface area contributed by atoms with Crippen molar-refractivity contribution in [2.75, 3.05) is 11.9 Å². The van der Waals surface area contributed by atoms with Crippen LogP contribution in [0.3, 0.4) is 0 Å². The molecule has 0 aromatic heterocycles. The number of hydrogen-bond donors (Lipinski definition) is 3. The van der Waals surface area contributed by atoms with E-state index in [1.807, 2.05) is 69.3 Å². The largest absolute Gasteiger partial charge is 0.486 e. The van der Waals surface area contributed by atoms with Gasteiger partial charge in [0.1, 0.15) is 11.4 Å². The fraction of sp³-hybridized carbons (Fsp3) is 0.316. The fourth-order valence-corrected chi connectivity index (χ4v) is 2.23. The Morgan fingerprint density at radius 2 is 1.71 bits per heavy atom. The topological polar surface area (TPSA) is 70.6 Å². The van der Waals surface area contributed by atoms with E-state index < -0.39 is 12.1 Å². The van der Waals surface area contributed by atoms with Gasteiger partial charge in [0.15, 0.2) is 0 Å². The molecule has 0 fully saturated rings. The van der Waals surface area contributed by atoms with Crippen molar-refractivity contribution in [1.29, 1.82) is 0 Å². The Balaban J connectivity index is 2.07. The summed E-state index contributed by atoms with van der Waals surface area (Å²) in [6.07, 6.45) is 0. The second-order valence-electron chi connectivity index (χ2n) is 6.45. The molecule has 128 valence electrons. The Labute approximate surface area is 142 Å². The van der Waals surface area contributed by atoms with Crippen LogP contribution in [0, 0.1) is 0 Å². The van der Waals surface area contributed by atoms with E-state index >= 15 is 0 Å². The Kier molecular flexibility index (Phi) is 5.82. The summed E-state index contributed by atoms with van der Waals surface area (Å²) in [6, 6.07) is 15.7. The summed E-state index contributed by atoms with van der Waals surface area (Å²) >= 11 is 0. The normalized spacial score (nSPS) is 12.3. The smallest absolute Gasteiger partial charge is 0.319 e. The van der Waals surface area contributed by atoms with Crippen LogP contribution < -0.4 is 15.4 Å². The summed E-state index contributed by atoms with van der Waals surface area (Å²) in [6.45, 7) is 5.65. The molecule has 0 saturated heterocycles. The van der Waals surface area contributed by atoms with Gasteiger partial charge in [0.2, 0.25) is 0 Å². The molecule has 0 bridgehead atoms. The molecular formula is C19H24N2O3. The van der Waals surface area contributed by atoms with E-state index in [4.69, 9.17) is 4.74 Å². The maximum atomic E-state index is 12.3. The van der Waals surface area contributed by atoms with Gasteiger partial charge in [-0.3, -0.25) is 0 Å². The molecule has 24 heavy (non-hydrogen) atoms. The van der Waals surface area contributed by atoms with E-state index in [0.717, 1.165) is 5.56 Å². The van der Waals surface area contributed by atoms with E-state index in [9.17, 15) is 9.90 Å². The third kappa shape index (κ3) is 5.28. The van der Waals surface area contributed by atoms with Gasteiger partial charge in [0, 0.05) is 0 Å². The second-order valence-corrected chi connectivity index (χ2v) is 6.45. The zero-order chi connectivity index (χ0) is 17.6. The number of rotatable bonds is 5. The molecule has 1 atom stereocenters. The monoisotopic (exact) mass is 328 g/mol. The molecule has 5 heteroatoms. The summed E-state index contributed by atoms with van der Waals surface area (Å²) < 4.78 is 5.86. The van der Waals surface area contributed by atoms with Crippen LogP contribution in [-0.2, 0) is 0 Å². The van der Waals surface area contributed by atoms with Crippen LogP contribution in [0.1, 0.15) is 32.4 Å². The number of para-hydroxylation sites is 2. The first-order chi connectivity index (χ1) is 11.4. The Morgan fingerprint density at radius 3 is 2.33 bits per heavy atom. The number of ether oxygens (including phenoxy) is 1. The highest BCUT2D eigenvalue weighted by atomic mass is 16.5. The van der Waals surface area contributed by atoms with Crippen molar-refractivity contribution in [2.24, 2.45) is 0 Å². The van der Waals surface area contributed by atoms with Gasteiger partial charge in [-0.1, -0.05) is 42.5 Å². The molecule has 0 aliphatic carbocycles. The fourth-order valence-electron chi connectivity index (χ4n) is 2.23. The number of urea groups is 1. The molecule has 0 saturated carbocycles. The van der Waals surface area contributed by atoms with E-state index in [1.165, 1.54) is 0 Å². The van der Waals surface area contributed by atoms with Crippen molar-refractivity contribution in [2.45, 2.75) is 32.4 Å². The molecule has 0 unspecified atom stereocenters. The van der Waals surface area contributed by atoms with Gasteiger partial charge in [0.25, 0.3) is 0 Å². The summed E-state index contributed by atoms with van der Waals surface area (Å²) in [7, 11) is 0. The van der Waals surface area contributed by atoms with Crippen LogP contribution in [0.5, 0.6) is 5.75 Å². The van der Waals surface area contributed by atoms with E-state index in [2.05, 4.69) is 10.6 Å². The lowest BCUT2D eigenvalue weighted by Crippen LogP contribution is -2.34. The lowest BCUT2D eigenvalue weighted by atomic mass is 10.1. The quantitative estimate of drug-likeness (QED) is 0.783. The molecule has 0 aliphatic heterocycles. The predicted molar refractivity (Wildman–Crippen MR) is 95.2 cm³/mol. The summed E-state index contributed by atoms with van der Waals surface area (Å²) in [4.78, 5) is 12.3. The van der Waals surface area contributed by atoms with Gasteiger partial charge in [-0.2, -0.15) is 0 Å². The Bertz CT molecular complexity index is 666.